The molecule has 2 aromatic carbocycles. The number of piperazine rings is 1. The second-order valence-corrected chi connectivity index (χ2v) is 7.90. The van der Waals surface area contributed by atoms with Crippen LogP contribution in [0.5, 0.6) is 0 Å². The van der Waals surface area contributed by atoms with Gasteiger partial charge in [0.15, 0.2) is 0 Å². The summed E-state index contributed by atoms with van der Waals surface area (Å²) < 4.78 is 0. The highest BCUT2D eigenvalue weighted by Crippen LogP contribution is 2.21. The normalized spacial score (nSPS) is 14.2. The lowest BCUT2D eigenvalue weighted by Crippen LogP contribution is -2.48. The van der Waals surface area contributed by atoms with E-state index in [-0.39, 0.29) is 11.8 Å². The predicted molar refractivity (Wildman–Crippen MR) is 119 cm³/mol. The third-order valence-electron chi connectivity index (χ3n) is 5.43. The van der Waals surface area contributed by atoms with Gasteiger partial charge in [-0.2, -0.15) is 0 Å². The van der Waals surface area contributed by atoms with Gasteiger partial charge >= 0.3 is 0 Å². The zero-order valence-corrected chi connectivity index (χ0v) is 17.6. The zero-order chi connectivity index (χ0) is 20.8. The number of anilines is 2. The average molecular weight is 394 g/mol. The third-order valence-corrected chi connectivity index (χ3v) is 5.43. The van der Waals surface area contributed by atoms with Gasteiger partial charge in [-0.15, -0.1) is 0 Å². The Morgan fingerprint density at radius 1 is 0.931 bits per heavy atom. The van der Waals surface area contributed by atoms with E-state index in [9.17, 15) is 9.59 Å². The second-order valence-electron chi connectivity index (χ2n) is 7.90. The molecule has 0 radical (unpaired) electrons. The van der Waals surface area contributed by atoms with E-state index in [0.29, 0.717) is 17.9 Å². The molecule has 0 aliphatic carbocycles. The van der Waals surface area contributed by atoms with E-state index in [4.69, 9.17) is 0 Å². The van der Waals surface area contributed by atoms with Gasteiger partial charge in [0.2, 0.25) is 5.91 Å². The minimum absolute atomic E-state index is 0.101. The number of nitrogens with one attached hydrogen (secondary N) is 1. The first-order chi connectivity index (χ1) is 14.0. The molecular weight excluding hydrogens is 362 g/mol. The van der Waals surface area contributed by atoms with Crippen molar-refractivity contribution >= 4 is 23.2 Å². The average Bonchev–Trinajstić information content (AvgIpc) is 2.74. The molecule has 0 saturated carbocycles. The molecule has 0 unspecified atom stereocenters. The summed E-state index contributed by atoms with van der Waals surface area (Å²) >= 11 is 0. The Labute approximate surface area is 173 Å². The Bertz CT molecular complexity index is 820. The molecule has 0 atom stereocenters. The molecule has 1 saturated heterocycles. The number of carbonyl (C=O) groups excluding carboxylic acids is 2. The van der Waals surface area contributed by atoms with Gasteiger partial charge < -0.3 is 15.1 Å². The molecule has 0 aromatic heterocycles. The summed E-state index contributed by atoms with van der Waals surface area (Å²) in [6.45, 7) is 9.52. The van der Waals surface area contributed by atoms with Crippen molar-refractivity contribution < 1.29 is 9.59 Å². The number of hydrogen-bond donors (Lipinski definition) is 1. The molecule has 3 rings (SSSR count). The lowest BCUT2D eigenvalue weighted by atomic mass is 10.0. The molecule has 2 aromatic rings. The highest BCUT2D eigenvalue weighted by atomic mass is 16.2. The van der Waals surface area contributed by atoms with Crippen molar-refractivity contribution in [2.75, 3.05) is 36.4 Å². The van der Waals surface area contributed by atoms with Crippen LogP contribution in [0.1, 0.15) is 55.5 Å². The number of rotatable bonds is 6. The Balaban J connectivity index is 1.55. The van der Waals surface area contributed by atoms with Crippen LogP contribution in [0.2, 0.25) is 0 Å². The Morgan fingerprint density at radius 2 is 1.55 bits per heavy atom. The molecular formula is C24H31N3O2. The van der Waals surface area contributed by atoms with Crippen molar-refractivity contribution in [1.82, 2.24) is 4.90 Å². The maximum Gasteiger partial charge on any atom is 0.255 e. The van der Waals surface area contributed by atoms with Crippen LogP contribution in [0.4, 0.5) is 11.4 Å². The van der Waals surface area contributed by atoms with Gasteiger partial charge in [0, 0.05) is 49.5 Å². The van der Waals surface area contributed by atoms with Crippen molar-refractivity contribution in [3.05, 3.63) is 59.7 Å². The molecule has 1 heterocycles. The Hall–Kier alpha value is -2.82. The molecule has 1 N–H and O–H groups in total. The number of nitrogens with zero attached hydrogens (tertiary/aromatic N) is 2. The molecule has 1 aliphatic heterocycles. The number of amides is 2. The summed E-state index contributed by atoms with van der Waals surface area (Å²) in [6, 6.07) is 15.7. The first kappa shape index (κ1) is 20.9. The summed E-state index contributed by atoms with van der Waals surface area (Å²) in [5.41, 5.74) is 3.78. The van der Waals surface area contributed by atoms with E-state index in [2.05, 4.69) is 24.1 Å². The molecule has 5 heteroatoms. The third kappa shape index (κ3) is 5.37. The minimum Gasteiger partial charge on any atom is -0.368 e. The number of hydrogen-bond acceptors (Lipinski definition) is 3. The van der Waals surface area contributed by atoms with Crippen molar-refractivity contribution in [3.63, 3.8) is 0 Å². The van der Waals surface area contributed by atoms with Gasteiger partial charge in [-0.25, -0.2) is 0 Å². The molecule has 1 fully saturated rings. The largest absolute Gasteiger partial charge is 0.368 e. The topological polar surface area (TPSA) is 52.7 Å². The minimum atomic E-state index is -0.101. The van der Waals surface area contributed by atoms with E-state index >= 15 is 0 Å². The summed E-state index contributed by atoms with van der Waals surface area (Å²) in [5, 5.41) is 2.96. The van der Waals surface area contributed by atoms with Gasteiger partial charge in [0.1, 0.15) is 0 Å². The Morgan fingerprint density at radius 3 is 2.10 bits per heavy atom. The smallest absolute Gasteiger partial charge is 0.255 e. The first-order valence-corrected chi connectivity index (χ1v) is 10.5. The highest BCUT2D eigenvalue weighted by Gasteiger charge is 2.20. The maximum absolute atomic E-state index is 12.5. The van der Waals surface area contributed by atoms with Crippen LogP contribution in [0.15, 0.2) is 48.5 Å². The van der Waals surface area contributed by atoms with Gasteiger partial charge in [-0.3, -0.25) is 9.59 Å². The number of benzene rings is 2. The van der Waals surface area contributed by atoms with Crippen LogP contribution in [0, 0.1) is 0 Å². The molecule has 1 aliphatic rings. The van der Waals surface area contributed by atoms with E-state index in [1.54, 1.807) is 0 Å². The van der Waals surface area contributed by atoms with Crippen LogP contribution in [-0.4, -0.2) is 42.9 Å². The van der Waals surface area contributed by atoms with Gasteiger partial charge in [0.05, 0.1) is 0 Å². The molecule has 2 amide bonds. The number of carbonyl (C=O) groups is 2. The SMILES string of the molecule is CCCC(=O)N1CCN(c2ccc(NC(=O)c3ccc(C(C)C)cc3)cc2)CC1. The van der Waals surface area contributed by atoms with Crippen LogP contribution < -0.4 is 10.2 Å². The molecule has 154 valence electrons. The van der Waals surface area contributed by atoms with E-state index < -0.39 is 0 Å². The molecule has 0 spiro atoms. The van der Waals surface area contributed by atoms with Crippen molar-refractivity contribution in [2.45, 2.75) is 39.5 Å². The predicted octanol–water partition coefficient (Wildman–Crippen LogP) is 4.51. The lowest BCUT2D eigenvalue weighted by molar-refractivity contribution is -0.131. The fourth-order valence-corrected chi connectivity index (χ4v) is 3.56. The Kier molecular flexibility index (Phi) is 6.91. The van der Waals surface area contributed by atoms with Crippen molar-refractivity contribution in [2.24, 2.45) is 0 Å². The molecule has 29 heavy (non-hydrogen) atoms. The first-order valence-electron chi connectivity index (χ1n) is 10.5. The van der Waals surface area contributed by atoms with Gasteiger partial charge in [-0.05, 0) is 54.3 Å². The van der Waals surface area contributed by atoms with Crippen LogP contribution in [-0.2, 0) is 4.79 Å². The fraction of sp³-hybridized carbons (Fsp3) is 0.417. The molecule has 5 nitrogen and oxygen atoms in total. The summed E-state index contributed by atoms with van der Waals surface area (Å²) in [6.07, 6.45) is 1.53. The summed E-state index contributed by atoms with van der Waals surface area (Å²) in [7, 11) is 0. The zero-order valence-electron chi connectivity index (χ0n) is 17.6. The fourth-order valence-electron chi connectivity index (χ4n) is 3.56. The van der Waals surface area contributed by atoms with Crippen molar-refractivity contribution in [3.8, 4) is 0 Å². The quantitative estimate of drug-likeness (QED) is 0.786. The molecule has 0 bridgehead atoms. The van der Waals surface area contributed by atoms with Gasteiger partial charge in [0.25, 0.3) is 5.91 Å². The van der Waals surface area contributed by atoms with Crippen LogP contribution in [0.25, 0.3) is 0 Å². The standard InChI is InChI=1S/C24H31N3O2/c1-4-5-23(28)27-16-14-26(15-17-27)22-12-10-21(11-13-22)25-24(29)20-8-6-19(7-9-20)18(2)3/h6-13,18H,4-5,14-17H2,1-3H3,(H,25,29). The van der Waals surface area contributed by atoms with Crippen LogP contribution in [0.3, 0.4) is 0 Å². The monoisotopic (exact) mass is 393 g/mol. The van der Waals surface area contributed by atoms with Crippen molar-refractivity contribution in [1.29, 1.82) is 0 Å². The summed E-state index contributed by atoms with van der Waals surface area (Å²) in [4.78, 5) is 28.7. The van der Waals surface area contributed by atoms with E-state index in [0.717, 1.165) is 44.0 Å². The maximum atomic E-state index is 12.5. The second kappa shape index (κ2) is 9.59. The van der Waals surface area contributed by atoms with Gasteiger partial charge in [-0.1, -0.05) is 32.9 Å². The summed E-state index contributed by atoms with van der Waals surface area (Å²) in [5.74, 6) is 0.606. The van der Waals surface area contributed by atoms with Crippen LogP contribution >= 0.6 is 0 Å². The van der Waals surface area contributed by atoms with E-state index in [1.165, 1.54) is 5.56 Å². The lowest BCUT2D eigenvalue weighted by Gasteiger charge is -2.36. The van der Waals surface area contributed by atoms with E-state index in [1.807, 2.05) is 60.4 Å². The highest BCUT2D eigenvalue weighted by molar-refractivity contribution is 6.04.